The van der Waals surface area contributed by atoms with Crippen molar-refractivity contribution in [3.05, 3.63) is 59.0 Å². The van der Waals surface area contributed by atoms with Crippen molar-refractivity contribution < 1.29 is 47.3 Å². The predicted molar refractivity (Wildman–Crippen MR) is 101 cm³/mol. The van der Waals surface area contributed by atoms with Crippen LogP contribution in [0.2, 0.25) is 0 Å². The summed E-state index contributed by atoms with van der Waals surface area (Å²) in [5.41, 5.74) is 2.19. The summed E-state index contributed by atoms with van der Waals surface area (Å²) in [5, 5.41) is 13.8. The molecule has 1 unspecified atom stereocenters. The number of hydrogen-bond donors (Lipinski definition) is 1. The summed E-state index contributed by atoms with van der Waals surface area (Å²) in [6, 6.07) is 11.9. The molecule has 0 bridgehead atoms. The molecule has 7 heteroatoms. The van der Waals surface area contributed by atoms with Gasteiger partial charge in [-0.3, -0.25) is 4.79 Å². The van der Waals surface area contributed by atoms with Gasteiger partial charge in [0.2, 0.25) is 0 Å². The molecule has 141 valence electrons. The zero-order valence-electron chi connectivity index (χ0n) is 15.5. The Morgan fingerprint density at radius 1 is 1.22 bits per heavy atom. The van der Waals surface area contributed by atoms with E-state index in [9.17, 15) is 9.90 Å². The number of rotatable bonds is 7. The van der Waals surface area contributed by atoms with E-state index in [-0.39, 0.29) is 38.6 Å². The average Bonchev–Trinajstić information content (AvgIpc) is 2.69. The summed E-state index contributed by atoms with van der Waals surface area (Å²) in [4.78, 5) is 17.7. The first kappa shape index (κ1) is 21.8. The van der Waals surface area contributed by atoms with Gasteiger partial charge in [0.25, 0.3) is 0 Å². The van der Waals surface area contributed by atoms with Crippen LogP contribution in [0.5, 0.6) is 5.75 Å². The Morgan fingerprint density at radius 2 is 1.93 bits per heavy atom. The van der Waals surface area contributed by atoms with E-state index in [1.165, 1.54) is 0 Å². The van der Waals surface area contributed by atoms with Gasteiger partial charge in [-0.1, -0.05) is 29.3 Å². The van der Waals surface area contributed by atoms with Crippen molar-refractivity contribution in [2.75, 3.05) is 25.1 Å². The molecule has 0 saturated carbocycles. The molecule has 1 aromatic heterocycles. The maximum absolute atomic E-state index is 11.2. The minimum absolute atomic E-state index is 0. The number of ether oxygens (including phenoxy) is 1. The first-order chi connectivity index (χ1) is 12.7. The van der Waals surface area contributed by atoms with E-state index in [4.69, 9.17) is 4.74 Å². The Hall–Kier alpha value is -1.50. The van der Waals surface area contributed by atoms with Gasteiger partial charge in [0.1, 0.15) is 11.6 Å². The average molecular weight is 443 g/mol. The van der Waals surface area contributed by atoms with Crippen LogP contribution in [-0.4, -0.2) is 36.3 Å². The Balaban J connectivity index is 0.00000261. The first-order valence-corrected chi connectivity index (χ1v) is 8.84. The van der Waals surface area contributed by atoms with E-state index in [1.54, 1.807) is 7.11 Å². The normalized spacial score (nSPS) is 16.5. The number of nitrogens with zero attached hydrogens (tertiary/aromatic N) is 3. The van der Waals surface area contributed by atoms with E-state index in [0.717, 1.165) is 42.1 Å². The molecule has 2 aromatic rings. The monoisotopic (exact) mass is 443 g/mol. The first-order valence-electron chi connectivity index (χ1n) is 8.84. The number of carboxylic acid groups (broad SMARTS) is 1. The minimum Gasteiger partial charge on any atom is -0.655 e. The van der Waals surface area contributed by atoms with Crippen LogP contribution in [0.25, 0.3) is 5.32 Å². The van der Waals surface area contributed by atoms with Crippen molar-refractivity contribution in [3.63, 3.8) is 0 Å². The van der Waals surface area contributed by atoms with Gasteiger partial charge < -0.3 is 20.1 Å². The fourth-order valence-corrected chi connectivity index (χ4v) is 3.13. The minimum atomic E-state index is -0.719. The van der Waals surface area contributed by atoms with Gasteiger partial charge in [0.15, 0.2) is 0 Å². The Morgan fingerprint density at radius 3 is 2.56 bits per heavy atom. The summed E-state index contributed by atoms with van der Waals surface area (Å²) < 4.78 is 5.15. The van der Waals surface area contributed by atoms with Crippen LogP contribution in [0.15, 0.2) is 42.6 Å². The zero-order chi connectivity index (χ0) is 18.4. The third-order valence-electron chi connectivity index (χ3n) is 4.65. The number of anilines is 1. The number of piperidine rings is 1. The molecule has 6 nitrogen and oxygen atoms in total. The molecule has 2 heterocycles. The predicted octanol–water partition coefficient (Wildman–Crippen LogP) is 3.46. The topological polar surface area (TPSA) is 76.8 Å². The molecule has 1 aromatic carbocycles. The molecule has 1 N–H and O–H groups in total. The van der Waals surface area contributed by atoms with E-state index >= 15 is 0 Å². The summed E-state index contributed by atoms with van der Waals surface area (Å²) in [7, 11) is 1.65. The number of carbonyl (C=O) groups is 1. The Bertz CT molecular complexity index is 722. The largest absolute Gasteiger partial charge is 0.655 e. The van der Waals surface area contributed by atoms with Crippen LogP contribution >= 0.6 is 0 Å². The summed E-state index contributed by atoms with van der Waals surface area (Å²) >= 11 is 0. The van der Waals surface area contributed by atoms with E-state index in [0.29, 0.717) is 19.6 Å². The Labute approximate surface area is 185 Å². The molecule has 3 rings (SSSR count). The van der Waals surface area contributed by atoms with Crippen molar-refractivity contribution in [2.45, 2.75) is 25.9 Å². The molecule has 0 amide bonds. The number of pyridine rings is 1. The molecule has 27 heavy (non-hydrogen) atoms. The van der Waals surface area contributed by atoms with Gasteiger partial charge in [0.05, 0.1) is 13.0 Å². The number of methoxy groups -OCH3 is 1. The molecule has 1 aliphatic rings. The number of carboxylic acids is 1. The van der Waals surface area contributed by atoms with Gasteiger partial charge in [-0.05, 0) is 31.0 Å². The Kier molecular flexibility index (Phi) is 8.67. The second-order valence-electron chi connectivity index (χ2n) is 6.54. The SMILES string of the molecule is COc1ccc(C[N-]Cc2ccc(N3CCCC(C(=O)O)C3)nc2)cc1.[Y]. The van der Waals surface area contributed by atoms with Gasteiger partial charge in [-0.25, -0.2) is 4.98 Å². The fraction of sp³-hybridized carbons (Fsp3) is 0.400. The number of aliphatic carboxylic acids is 1. The van der Waals surface area contributed by atoms with Gasteiger partial charge in [-0.2, -0.15) is 0 Å². The number of hydrogen-bond acceptors (Lipinski definition) is 4. The standard InChI is InChI=1S/C20H24N3O3.Y/c1-26-18-7-4-15(5-8-18)11-21-12-16-6-9-19(22-13-16)23-10-2-3-17(14-23)20(24)25;/h4-9,13,17H,2-3,10-12,14H2,1H3,(H,24,25);/q-1;. The second kappa shape index (κ2) is 10.7. The van der Waals surface area contributed by atoms with Crippen LogP contribution < -0.4 is 9.64 Å². The molecule has 1 saturated heterocycles. The van der Waals surface area contributed by atoms with Gasteiger partial charge >= 0.3 is 5.97 Å². The van der Waals surface area contributed by atoms with Gasteiger partial charge in [-0.15, -0.1) is 13.1 Å². The van der Waals surface area contributed by atoms with Crippen molar-refractivity contribution in [3.8, 4) is 5.75 Å². The van der Waals surface area contributed by atoms with Crippen molar-refractivity contribution >= 4 is 11.8 Å². The maximum atomic E-state index is 11.2. The van der Waals surface area contributed by atoms with Crippen LogP contribution in [0.4, 0.5) is 5.82 Å². The second-order valence-corrected chi connectivity index (χ2v) is 6.54. The maximum Gasteiger partial charge on any atom is 0.308 e. The van der Waals surface area contributed by atoms with Crippen LogP contribution in [0.1, 0.15) is 24.0 Å². The van der Waals surface area contributed by atoms with Crippen LogP contribution in [-0.2, 0) is 50.6 Å². The molecule has 1 atom stereocenters. The number of benzene rings is 1. The molecule has 1 aliphatic heterocycles. The molecule has 1 radical (unpaired) electrons. The zero-order valence-corrected chi connectivity index (χ0v) is 18.4. The van der Waals surface area contributed by atoms with E-state index in [1.807, 2.05) is 42.6 Å². The molecular formula is C20H24N3O3Y-. The van der Waals surface area contributed by atoms with E-state index in [2.05, 4.69) is 15.2 Å². The number of aromatic nitrogens is 1. The quantitative estimate of drug-likeness (QED) is 0.710. The summed E-state index contributed by atoms with van der Waals surface area (Å²) in [6.07, 6.45) is 3.46. The molecule has 0 aliphatic carbocycles. The van der Waals surface area contributed by atoms with Crippen molar-refractivity contribution in [2.24, 2.45) is 5.92 Å². The van der Waals surface area contributed by atoms with E-state index < -0.39 is 5.97 Å². The third kappa shape index (κ3) is 6.27. The van der Waals surface area contributed by atoms with Crippen LogP contribution in [0.3, 0.4) is 0 Å². The van der Waals surface area contributed by atoms with Gasteiger partial charge in [0, 0.05) is 52.0 Å². The fourth-order valence-electron chi connectivity index (χ4n) is 3.13. The molecule has 0 spiro atoms. The van der Waals surface area contributed by atoms with Crippen molar-refractivity contribution in [1.29, 1.82) is 0 Å². The van der Waals surface area contributed by atoms with Crippen LogP contribution in [0, 0.1) is 5.92 Å². The smallest absolute Gasteiger partial charge is 0.308 e. The third-order valence-corrected chi connectivity index (χ3v) is 4.65. The molecule has 1 fully saturated rings. The summed E-state index contributed by atoms with van der Waals surface area (Å²) in [5.74, 6) is 0.666. The summed E-state index contributed by atoms with van der Waals surface area (Å²) in [6.45, 7) is 2.65. The van der Waals surface area contributed by atoms with Crippen molar-refractivity contribution in [1.82, 2.24) is 4.98 Å². The molecular weight excluding hydrogens is 419 g/mol.